The molecule has 0 bridgehead atoms. The van der Waals surface area contributed by atoms with E-state index in [1.54, 1.807) is 12.1 Å². The van der Waals surface area contributed by atoms with Gasteiger partial charge in [0.25, 0.3) is 0 Å². The van der Waals surface area contributed by atoms with Crippen molar-refractivity contribution in [3.8, 4) is 5.75 Å². The van der Waals surface area contributed by atoms with Crippen LogP contribution in [0.15, 0.2) is 24.3 Å². The maximum Gasteiger partial charge on any atom is 0.115 e. The second-order valence-electron chi connectivity index (χ2n) is 5.35. The van der Waals surface area contributed by atoms with Gasteiger partial charge in [0.15, 0.2) is 0 Å². The molecule has 0 amide bonds. The Morgan fingerprint density at radius 2 is 2.21 bits per heavy atom. The summed E-state index contributed by atoms with van der Waals surface area (Å²) in [7, 11) is 0. The number of benzene rings is 1. The number of phenols is 1. The number of ether oxygens (including phenoxy) is 2. The highest BCUT2D eigenvalue weighted by Crippen LogP contribution is 2.25. The lowest BCUT2D eigenvalue weighted by Gasteiger charge is -2.34. The molecule has 1 N–H and O–H groups in total. The Labute approximate surface area is 113 Å². The highest BCUT2D eigenvalue weighted by atomic mass is 16.5. The van der Waals surface area contributed by atoms with Crippen LogP contribution in [0.3, 0.4) is 0 Å². The first-order valence-corrected chi connectivity index (χ1v) is 7.06. The quantitative estimate of drug-likeness (QED) is 0.905. The van der Waals surface area contributed by atoms with Crippen LogP contribution in [0.4, 0.5) is 0 Å². The molecule has 2 aliphatic heterocycles. The predicted octanol–water partition coefficient (Wildman–Crippen LogP) is 1.94. The zero-order chi connectivity index (χ0) is 13.1. The summed E-state index contributed by atoms with van der Waals surface area (Å²) in [6.45, 7) is 4.50. The van der Waals surface area contributed by atoms with Crippen LogP contribution < -0.4 is 0 Å². The lowest BCUT2D eigenvalue weighted by Crippen LogP contribution is -2.42. The van der Waals surface area contributed by atoms with Gasteiger partial charge in [-0.1, -0.05) is 12.1 Å². The topological polar surface area (TPSA) is 41.9 Å². The highest BCUT2D eigenvalue weighted by molar-refractivity contribution is 5.29. The monoisotopic (exact) mass is 263 g/mol. The third kappa shape index (κ3) is 3.26. The Morgan fingerprint density at radius 1 is 1.26 bits per heavy atom. The fourth-order valence-corrected chi connectivity index (χ4v) is 2.87. The second kappa shape index (κ2) is 5.90. The van der Waals surface area contributed by atoms with Crippen LogP contribution in [0.1, 0.15) is 24.5 Å². The Kier molecular flexibility index (Phi) is 4.01. The van der Waals surface area contributed by atoms with E-state index >= 15 is 0 Å². The molecule has 2 fully saturated rings. The fraction of sp³-hybridized carbons (Fsp3) is 0.600. The van der Waals surface area contributed by atoms with E-state index in [0.717, 1.165) is 38.4 Å². The number of rotatable bonds is 3. The van der Waals surface area contributed by atoms with Gasteiger partial charge in [0.05, 0.1) is 18.8 Å². The van der Waals surface area contributed by atoms with Gasteiger partial charge in [0.2, 0.25) is 0 Å². The number of nitrogens with zero attached hydrogens (tertiary/aromatic N) is 1. The van der Waals surface area contributed by atoms with E-state index in [1.807, 2.05) is 12.1 Å². The third-order valence-corrected chi connectivity index (χ3v) is 3.88. The summed E-state index contributed by atoms with van der Waals surface area (Å²) >= 11 is 0. The number of aromatic hydroxyl groups is 1. The van der Waals surface area contributed by atoms with E-state index < -0.39 is 0 Å². The lowest BCUT2D eigenvalue weighted by atomic mass is 10.1. The molecule has 2 saturated heterocycles. The third-order valence-electron chi connectivity index (χ3n) is 3.88. The molecule has 0 spiro atoms. The van der Waals surface area contributed by atoms with Gasteiger partial charge < -0.3 is 14.6 Å². The summed E-state index contributed by atoms with van der Waals surface area (Å²) in [5, 5.41) is 9.55. The van der Waals surface area contributed by atoms with Crippen LogP contribution in [0.5, 0.6) is 5.75 Å². The number of morpholine rings is 1. The standard InChI is InChI=1S/C15H21NO3/c17-13-4-1-3-12(9-13)15-11-16(6-8-19-15)10-14-5-2-7-18-14/h1,3-4,9,14-15,17H,2,5-8,10-11H2. The highest BCUT2D eigenvalue weighted by Gasteiger charge is 2.25. The summed E-state index contributed by atoms with van der Waals surface area (Å²) in [5.41, 5.74) is 1.05. The minimum absolute atomic E-state index is 0.0576. The van der Waals surface area contributed by atoms with E-state index in [-0.39, 0.29) is 6.10 Å². The Morgan fingerprint density at radius 3 is 3.00 bits per heavy atom. The van der Waals surface area contributed by atoms with Crippen molar-refractivity contribution < 1.29 is 14.6 Å². The summed E-state index contributed by atoms with van der Waals surface area (Å²) in [6, 6.07) is 7.36. The van der Waals surface area contributed by atoms with Gasteiger partial charge in [-0.2, -0.15) is 0 Å². The molecule has 1 aromatic rings. The van der Waals surface area contributed by atoms with Crippen LogP contribution in [0.25, 0.3) is 0 Å². The first-order valence-electron chi connectivity index (χ1n) is 7.06. The minimum Gasteiger partial charge on any atom is -0.508 e. The predicted molar refractivity (Wildman–Crippen MR) is 72.2 cm³/mol. The molecule has 2 unspecified atom stereocenters. The Hall–Kier alpha value is -1.10. The maximum atomic E-state index is 9.55. The molecule has 4 heteroatoms. The zero-order valence-corrected chi connectivity index (χ0v) is 11.1. The zero-order valence-electron chi connectivity index (χ0n) is 11.1. The minimum atomic E-state index is 0.0576. The van der Waals surface area contributed by atoms with Crippen molar-refractivity contribution in [3.05, 3.63) is 29.8 Å². The maximum absolute atomic E-state index is 9.55. The van der Waals surface area contributed by atoms with Gasteiger partial charge >= 0.3 is 0 Å². The SMILES string of the molecule is Oc1cccc(C2CN(CC3CCCO3)CCO2)c1. The average Bonchev–Trinajstić information content (AvgIpc) is 2.92. The number of hydrogen-bond donors (Lipinski definition) is 1. The van der Waals surface area contributed by atoms with Crippen molar-refractivity contribution in [1.29, 1.82) is 0 Å². The largest absolute Gasteiger partial charge is 0.508 e. The molecule has 1 aromatic carbocycles. The van der Waals surface area contributed by atoms with Gasteiger partial charge in [-0.15, -0.1) is 0 Å². The molecule has 2 aliphatic rings. The van der Waals surface area contributed by atoms with E-state index in [9.17, 15) is 5.11 Å². The summed E-state index contributed by atoms with van der Waals surface area (Å²) in [5.74, 6) is 0.303. The van der Waals surface area contributed by atoms with E-state index in [4.69, 9.17) is 9.47 Å². The Balaban J connectivity index is 1.61. The molecule has 2 atom stereocenters. The lowest BCUT2D eigenvalue weighted by molar-refractivity contribution is -0.0446. The molecule has 2 heterocycles. The van der Waals surface area contributed by atoms with E-state index in [1.165, 1.54) is 12.8 Å². The summed E-state index contributed by atoms with van der Waals surface area (Å²) in [4.78, 5) is 2.41. The van der Waals surface area contributed by atoms with Crippen LogP contribution in [-0.4, -0.2) is 49.0 Å². The first kappa shape index (κ1) is 12.9. The summed E-state index contributed by atoms with van der Waals surface area (Å²) in [6.07, 6.45) is 2.81. The van der Waals surface area contributed by atoms with Crippen molar-refractivity contribution in [2.75, 3.05) is 32.8 Å². The van der Waals surface area contributed by atoms with Crippen LogP contribution in [-0.2, 0) is 9.47 Å². The second-order valence-corrected chi connectivity index (χ2v) is 5.35. The smallest absolute Gasteiger partial charge is 0.115 e. The molecule has 4 nitrogen and oxygen atoms in total. The van der Waals surface area contributed by atoms with Gasteiger partial charge in [-0.3, -0.25) is 4.90 Å². The molecule has 0 saturated carbocycles. The molecule has 0 aliphatic carbocycles. The molecule has 0 aromatic heterocycles. The van der Waals surface area contributed by atoms with Crippen molar-refractivity contribution in [2.45, 2.75) is 25.0 Å². The van der Waals surface area contributed by atoms with Gasteiger partial charge in [0.1, 0.15) is 5.75 Å². The van der Waals surface area contributed by atoms with Crippen molar-refractivity contribution >= 4 is 0 Å². The molecular weight excluding hydrogens is 242 g/mol. The molecular formula is C15H21NO3. The average molecular weight is 263 g/mol. The van der Waals surface area contributed by atoms with Crippen LogP contribution in [0, 0.1) is 0 Å². The fourth-order valence-electron chi connectivity index (χ4n) is 2.87. The van der Waals surface area contributed by atoms with Gasteiger partial charge in [0, 0.05) is 26.2 Å². The number of phenolic OH excluding ortho intramolecular Hbond substituents is 1. The van der Waals surface area contributed by atoms with Crippen molar-refractivity contribution in [2.24, 2.45) is 0 Å². The van der Waals surface area contributed by atoms with Crippen LogP contribution in [0.2, 0.25) is 0 Å². The number of hydrogen-bond acceptors (Lipinski definition) is 4. The van der Waals surface area contributed by atoms with Crippen molar-refractivity contribution in [3.63, 3.8) is 0 Å². The van der Waals surface area contributed by atoms with Crippen molar-refractivity contribution in [1.82, 2.24) is 4.90 Å². The van der Waals surface area contributed by atoms with Gasteiger partial charge in [-0.25, -0.2) is 0 Å². The molecule has 19 heavy (non-hydrogen) atoms. The molecule has 3 rings (SSSR count). The summed E-state index contributed by atoms with van der Waals surface area (Å²) < 4.78 is 11.5. The molecule has 104 valence electrons. The van der Waals surface area contributed by atoms with Crippen LogP contribution >= 0.6 is 0 Å². The Bertz CT molecular complexity index is 418. The van der Waals surface area contributed by atoms with Gasteiger partial charge in [-0.05, 0) is 30.5 Å². The van der Waals surface area contributed by atoms with E-state index in [2.05, 4.69) is 4.90 Å². The van der Waals surface area contributed by atoms with E-state index in [0.29, 0.717) is 11.9 Å². The normalized spacial score (nSPS) is 28.6. The molecule has 0 radical (unpaired) electrons. The first-order chi connectivity index (χ1) is 9.31.